The van der Waals surface area contributed by atoms with Crippen molar-refractivity contribution < 1.29 is 23.1 Å². The summed E-state index contributed by atoms with van der Waals surface area (Å²) in [6.07, 6.45) is 1.83. The lowest BCUT2D eigenvalue weighted by Gasteiger charge is -2.26. The van der Waals surface area contributed by atoms with Crippen LogP contribution in [0.3, 0.4) is 0 Å². The summed E-state index contributed by atoms with van der Waals surface area (Å²) in [5.41, 5.74) is -0.698. The highest BCUT2D eigenvalue weighted by Gasteiger charge is 2.30. The normalized spacial score (nSPS) is 15.7. The summed E-state index contributed by atoms with van der Waals surface area (Å²) in [5, 5.41) is 12.7. The molecule has 1 aromatic heterocycles. The second-order valence-corrected chi connectivity index (χ2v) is 8.81. The monoisotopic (exact) mass is 485 g/mol. The Hall–Kier alpha value is -3.59. The van der Waals surface area contributed by atoms with Gasteiger partial charge in [0.2, 0.25) is 5.43 Å². The van der Waals surface area contributed by atoms with Crippen LogP contribution in [0.5, 0.6) is 0 Å². The first-order valence-corrected chi connectivity index (χ1v) is 11.4. The van der Waals surface area contributed by atoms with Crippen LogP contribution in [-0.2, 0) is 0 Å². The lowest BCUT2D eigenvalue weighted by molar-refractivity contribution is 0.0695. The molecule has 4 rings (SSSR count). The lowest BCUT2D eigenvalue weighted by Crippen LogP contribution is -2.28. The third-order valence-electron chi connectivity index (χ3n) is 6.33. The number of aromatic nitrogens is 1. The molecule has 2 N–H and O–H groups in total. The largest absolute Gasteiger partial charge is 0.477 e. The molecule has 0 aliphatic carbocycles. The third-order valence-corrected chi connectivity index (χ3v) is 6.33. The molecule has 1 aliphatic heterocycles. The van der Waals surface area contributed by atoms with E-state index in [2.05, 4.69) is 11.9 Å². The van der Waals surface area contributed by atoms with Crippen molar-refractivity contribution in [1.29, 1.82) is 0 Å². The van der Waals surface area contributed by atoms with E-state index in [0.29, 0.717) is 24.7 Å². The number of benzene rings is 2. The van der Waals surface area contributed by atoms with Crippen molar-refractivity contribution >= 4 is 28.1 Å². The molecule has 6 nitrogen and oxygen atoms in total. The number of hydrogen-bond acceptors (Lipinski definition) is 4. The number of rotatable bonds is 7. The van der Waals surface area contributed by atoms with Crippen LogP contribution in [-0.4, -0.2) is 41.8 Å². The van der Waals surface area contributed by atoms with Gasteiger partial charge in [-0.2, -0.15) is 0 Å². The molecule has 1 aliphatic rings. The van der Waals surface area contributed by atoms with Crippen molar-refractivity contribution in [3.8, 4) is 5.69 Å². The number of nitrogens with zero attached hydrogens (tertiary/aromatic N) is 2. The molecule has 1 unspecified atom stereocenters. The van der Waals surface area contributed by atoms with Gasteiger partial charge in [-0.3, -0.25) is 4.79 Å². The van der Waals surface area contributed by atoms with E-state index in [-0.39, 0.29) is 33.8 Å². The van der Waals surface area contributed by atoms with Crippen LogP contribution in [0, 0.1) is 23.4 Å². The van der Waals surface area contributed by atoms with Gasteiger partial charge < -0.3 is 19.9 Å². The summed E-state index contributed by atoms with van der Waals surface area (Å²) in [7, 11) is 0. The van der Waals surface area contributed by atoms with Crippen LogP contribution in [0.15, 0.2) is 41.8 Å². The average Bonchev–Trinajstić information content (AvgIpc) is 3.26. The number of hydrogen-bond donors (Lipinski definition) is 2. The predicted molar refractivity (Wildman–Crippen MR) is 130 cm³/mol. The maximum absolute atomic E-state index is 15.6. The number of carbonyl (C=O) groups is 1. The molecule has 1 saturated heterocycles. The molecule has 1 atom stereocenters. The van der Waals surface area contributed by atoms with Gasteiger partial charge in [-0.05, 0) is 56.1 Å². The van der Waals surface area contributed by atoms with Crippen molar-refractivity contribution in [2.75, 3.05) is 31.1 Å². The fourth-order valence-electron chi connectivity index (χ4n) is 4.73. The number of pyridine rings is 1. The topological polar surface area (TPSA) is 74.6 Å². The number of anilines is 1. The molecule has 9 heteroatoms. The van der Waals surface area contributed by atoms with Crippen LogP contribution in [0.2, 0.25) is 0 Å². The zero-order chi connectivity index (χ0) is 25.4. The second kappa shape index (κ2) is 9.58. The van der Waals surface area contributed by atoms with Crippen molar-refractivity contribution in [2.24, 2.45) is 5.92 Å². The van der Waals surface area contributed by atoms with Gasteiger partial charge in [-0.25, -0.2) is 18.0 Å². The summed E-state index contributed by atoms with van der Waals surface area (Å²) in [6, 6.07) is 3.84. The Labute approximate surface area is 200 Å². The van der Waals surface area contributed by atoms with Gasteiger partial charge in [0.1, 0.15) is 23.0 Å². The molecule has 1 fully saturated rings. The minimum Gasteiger partial charge on any atom is -0.477 e. The van der Waals surface area contributed by atoms with Crippen molar-refractivity contribution in [3.05, 3.63) is 75.8 Å². The Kier molecular flexibility index (Phi) is 6.71. The van der Waals surface area contributed by atoms with Crippen molar-refractivity contribution in [2.45, 2.75) is 20.3 Å². The Morgan fingerprint density at radius 1 is 1.23 bits per heavy atom. The Morgan fingerprint density at radius 3 is 2.60 bits per heavy atom. The molecule has 0 saturated carbocycles. The van der Waals surface area contributed by atoms with Crippen LogP contribution < -0.4 is 15.6 Å². The predicted octanol–water partition coefficient (Wildman–Crippen LogP) is 4.58. The number of carboxylic acids is 1. The van der Waals surface area contributed by atoms with E-state index in [1.807, 2.05) is 11.8 Å². The fraction of sp³-hybridized carbons (Fsp3) is 0.308. The van der Waals surface area contributed by atoms with E-state index in [0.717, 1.165) is 43.9 Å². The van der Waals surface area contributed by atoms with Crippen LogP contribution in [0.1, 0.15) is 36.2 Å². The molecule has 0 radical (unpaired) electrons. The smallest absolute Gasteiger partial charge is 0.341 e. The van der Waals surface area contributed by atoms with Gasteiger partial charge in [0.15, 0.2) is 0 Å². The minimum absolute atomic E-state index is 0.115. The van der Waals surface area contributed by atoms with Gasteiger partial charge in [0, 0.05) is 30.9 Å². The Bertz CT molecular complexity index is 1400. The van der Waals surface area contributed by atoms with E-state index in [1.54, 1.807) is 6.92 Å². The highest BCUT2D eigenvalue weighted by Crippen LogP contribution is 2.39. The summed E-state index contributed by atoms with van der Waals surface area (Å²) < 4.78 is 45.3. The zero-order valence-corrected chi connectivity index (χ0v) is 19.5. The summed E-state index contributed by atoms with van der Waals surface area (Å²) >= 11 is 0. The first-order valence-electron chi connectivity index (χ1n) is 11.4. The Morgan fingerprint density at radius 2 is 1.97 bits per heavy atom. The fourth-order valence-corrected chi connectivity index (χ4v) is 4.73. The molecule has 184 valence electrons. The quantitative estimate of drug-likeness (QED) is 0.513. The number of carboxylic acid groups (broad SMARTS) is 1. The molecule has 3 aromatic rings. The Balaban J connectivity index is 2.06. The van der Waals surface area contributed by atoms with Crippen molar-refractivity contribution in [3.63, 3.8) is 0 Å². The molecule has 35 heavy (non-hydrogen) atoms. The van der Waals surface area contributed by atoms with E-state index in [9.17, 15) is 23.5 Å². The van der Waals surface area contributed by atoms with Gasteiger partial charge in [-0.15, -0.1) is 0 Å². The zero-order valence-electron chi connectivity index (χ0n) is 19.5. The molecule has 2 aromatic carbocycles. The number of halogens is 3. The standard InChI is InChI=1S/C26H26F3N3O3/c1-4-30-11-15-7-8-31(12-15)24-20(29)10-17-23(22(24)14(2)3)32(13-18(25(17)33)26(34)35)21-6-5-16(27)9-19(21)28/h5-6,9-10,13,15,30H,2,4,7-8,11-12H2,1,3H3,(H,34,35). The molecule has 0 bridgehead atoms. The number of fused-ring (bicyclic) bond motifs is 1. The number of aromatic carboxylic acids is 1. The SMILES string of the molecule is C=C(C)c1c(N2CCC(CNCC)C2)c(F)cc2c(=O)c(C(=O)O)cn(-c3ccc(F)cc3F)c12. The van der Waals surface area contributed by atoms with Crippen LogP contribution in [0.4, 0.5) is 18.9 Å². The highest BCUT2D eigenvalue weighted by molar-refractivity contribution is 6.01. The second-order valence-electron chi connectivity index (χ2n) is 8.81. The third kappa shape index (κ3) is 4.43. The first-order chi connectivity index (χ1) is 16.6. The van der Waals surface area contributed by atoms with E-state index >= 15 is 4.39 Å². The molecular formula is C26H26F3N3O3. The molecule has 0 spiro atoms. The number of allylic oxidation sites excluding steroid dienone is 1. The summed E-state index contributed by atoms with van der Waals surface area (Å²) in [6.45, 7) is 10.4. The average molecular weight is 486 g/mol. The van der Waals surface area contributed by atoms with Gasteiger partial charge >= 0.3 is 5.97 Å². The minimum atomic E-state index is -1.54. The summed E-state index contributed by atoms with van der Waals surface area (Å²) in [5.74, 6) is -3.72. The van der Waals surface area contributed by atoms with Crippen LogP contribution >= 0.6 is 0 Å². The molecule has 2 heterocycles. The van der Waals surface area contributed by atoms with E-state index in [4.69, 9.17) is 0 Å². The van der Waals surface area contributed by atoms with Crippen LogP contribution in [0.25, 0.3) is 22.2 Å². The van der Waals surface area contributed by atoms with Gasteiger partial charge in [0.25, 0.3) is 0 Å². The van der Waals surface area contributed by atoms with E-state index in [1.165, 1.54) is 4.57 Å². The molecular weight excluding hydrogens is 459 g/mol. The maximum atomic E-state index is 15.6. The highest BCUT2D eigenvalue weighted by atomic mass is 19.1. The molecule has 0 amide bonds. The maximum Gasteiger partial charge on any atom is 0.341 e. The van der Waals surface area contributed by atoms with Gasteiger partial charge in [-0.1, -0.05) is 13.5 Å². The summed E-state index contributed by atoms with van der Waals surface area (Å²) in [4.78, 5) is 26.7. The van der Waals surface area contributed by atoms with Crippen molar-refractivity contribution in [1.82, 2.24) is 9.88 Å². The number of nitrogens with one attached hydrogen (secondary N) is 1. The van der Waals surface area contributed by atoms with E-state index < -0.39 is 34.4 Å². The lowest BCUT2D eigenvalue weighted by atomic mass is 9.98. The van der Waals surface area contributed by atoms with Gasteiger partial charge in [0.05, 0.1) is 22.3 Å². The first kappa shape index (κ1) is 24.5.